The molecule has 2 aliphatic heterocycles. The lowest BCUT2D eigenvalue weighted by Gasteiger charge is -2.48. The highest BCUT2D eigenvalue weighted by Gasteiger charge is 2.45. The van der Waals surface area contributed by atoms with Crippen molar-refractivity contribution in [1.82, 2.24) is 9.62 Å². The van der Waals surface area contributed by atoms with Crippen molar-refractivity contribution in [2.45, 2.75) is 75.9 Å². The van der Waals surface area contributed by atoms with Crippen molar-refractivity contribution in [1.29, 1.82) is 0 Å². The molecule has 1 amide bonds. The van der Waals surface area contributed by atoms with Gasteiger partial charge in [0.25, 0.3) is 0 Å². The number of hydrogen-bond acceptors (Lipinski definition) is 3. The van der Waals surface area contributed by atoms with Crippen LogP contribution in [0.25, 0.3) is 0 Å². The average Bonchev–Trinajstić information content (AvgIpc) is 2.53. The summed E-state index contributed by atoms with van der Waals surface area (Å²) in [5.41, 5.74) is -0.472. The summed E-state index contributed by atoms with van der Waals surface area (Å²) >= 11 is 0. The zero-order chi connectivity index (χ0) is 19.1. The third kappa shape index (κ3) is 3.78. The van der Waals surface area contributed by atoms with Crippen molar-refractivity contribution >= 4 is 15.9 Å². The second-order valence-electron chi connectivity index (χ2n) is 8.42. The minimum Gasteiger partial charge on any atom is -0.353 e. The number of carbonyl (C=O) groups is 1. The van der Waals surface area contributed by atoms with Gasteiger partial charge in [-0.15, -0.1) is 0 Å². The van der Waals surface area contributed by atoms with Gasteiger partial charge in [0, 0.05) is 23.5 Å². The molecule has 3 atom stereocenters. The predicted octanol–water partition coefficient (Wildman–Crippen LogP) is 3.06. The molecule has 0 saturated carbocycles. The van der Waals surface area contributed by atoms with E-state index in [2.05, 4.69) is 5.32 Å². The van der Waals surface area contributed by atoms with Crippen molar-refractivity contribution in [3.05, 3.63) is 30.1 Å². The molecule has 1 aromatic carbocycles. The molecule has 2 heterocycles. The van der Waals surface area contributed by atoms with Crippen LogP contribution in [0.4, 0.5) is 4.39 Å². The van der Waals surface area contributed by atoms with E-state index < -0.39 is 21.3 Å². The highest BCUT2D eigenvalue weighted by Crippen LogP contribution is 2.38. The van der Waals surface area contributed by atoms with Crippen LogP contribution in [0, 0.1) is 11.2 Å². The van der Waals surface area contributed by atoms with Crippen LogP contribution < -0.4 is 5.32 Å². The van der Waals surface area contributed by atoms with E-state index in [9.17, 15) is 17.6 Å². The predicted molar refractivity (Wildman–Crippen MR) is 97.5 cm³/mol. The van der Waals surface area contributed by atoms with E-state index in [4.69, 9.17) is 0 Å². The Morgan fingerprint density at radius 3 is 2.35 bits per heavy atom. The Kier molecular flexibility index (Phi) is 5.14. The van der Waals surface area contributed by atoms with Gasteiger partial charge in [0.2, 0.25) is 15.9 Å². The first kappa shape index (κ1) is 19.3. The van der Waals surface area contributed by atoms with Crippen molar-refractivity contribution in [3.8, 4) is 0 Å². The van der Waals surface area contributed by atoms with Crippen LogP contribution in [0.3, 0.4) is 0 Å². The molecule has 2 fully saturated rings. The normalized spacial score (nSPS) is 27.2. The Morgan fingerprint density at radius 1 is 1.19 bits per heavy atom. The smallest absolute Gasteiger partial charge is 0.243 e. The summed E-state index contributed by atoms with van der Waals surface area (Å²) < 4.78 is 41.3. The molecular formula is C19H27FN2O3S. The molecule has 3 rings (SSSR count). The molecule has 0 aromatic heterocycles. The fraction of sp³-hybridized carbons (Fsp3) is 0.632. The largest absolute Gasteiger partial charge is 0.353 e. The van der Waals surface area contributed by atoms with Gasteiger partial charge in [0.15, 0.2) is 0 Å². The standard InChI is InChI=1S/C19H27FN2O3S/c1-19(2,3)18(23)21-14-11-15-7-5-8-16(12-14)22(15)26(24,25)17-9-4-6-13(20)10-17/h4,6,9-10,14-16H,5,7-8,11-12H2,1-3H3,(H,21,23)/t14?,15-,16+. The fourth-order valence-corrected chi connectivity index (χ4v) is 5.92. The van der Waals surface area contributed by atoms with Gasteiger partial charge in [-0.2, -0.15) is 4.31 Å². The number of nitrogens with zero attached hydrogens (tertiary/aromatic N) is 1. The van der Waals surface area contributed by atoms with Crippen LogP contribution in [-0.4, -0.2) is 36.8 Å². The van der Waals surface area contributed by atoms with Gasteiger partial charge in [-0.1, -0.05) is 33.3 Å². The van der Waals surface area contributed by atoms with Gasteiger partial charge in [-0.05, 0) is 43.9 Å². The first-order valence-corrected chi connectivity index (χ1v) is 10.6. The number of rotatable bonds is 3. The summed E-state index contributed by atoms with van der Waals surface area (Å²) in [5, 5.41) is 3.09. The van der Waals surface area contributed by atoms with Gasteiger partial charge in [0.05, 0.1) is 4.90 Å². The molecule has 2 aliphatic rings. The van der Waals surface area contributed by atoms with E-state index in [1.54, 1.807) is 4.31 Å². The SMILES string of the molecule is CC(C)(C)C(=O)NC1C[C@H]2CCC[C@@H](C1)N2S(=O)(=O)c1cccc(F)c1. The van der Waals surface area contributed by atoms with E-state index >= 15 is 0 Å². The summed E-state index contributed by atoms with van der Waals surface area (Å²) in [4.78, 5) is 12.3. The maximum atomic E-state index is 13.5. The van der Waals surface area contributed by atoms with Crippen LogP contribution in [0.5, 0.6) is 0 Å². The van der Waals surface area contributed by atoms with E-state index in [0.717, 1.165) is 25.3 Å². The second-order valence-corrected chi connectivity index (χ2v) is 10.3. The molecule has 0 aliphatic carbocycles. The topological polar surface area (TPSA) is 66.5 Å². The molecule has 0 radical (unpaired) electrons. The lowest BCUT2D eigenvalue weighted by atomic mass is 9.83. The highest BCUT2D eigenvalue weighted by atomic mass is 32.2. The van der Waals surface area contributed by atoms with Crippen LogP contribution in [-0.2, 0) is 14.8 Å². The number of piperidine rings is 2. The lowest BCUT2D eigenvalue weighted by molar-refractivity contribution is -0.129. The first-order chi connectivity index (χ1) is 12.1. The third-order valence-corrected chi connectivity index (χ3v) is 7.30. The number of hydrogen-bond donors (Lipinski definition) is 1. The number of benzene rings is 1. The maximum Gasteiger partial charge on any atom is 0.243 e. The summed E-state index contributed by atoms with van der Waals surface area (Å²) in [7, 11) is -3.74. The van der Waals surface area contributed by atoms with Crippen molar-refractivity contribution in [2.75, 3.05) is 0 Å². The minimum absolute atomic E-state index is 0.00609. The Morgan fingerprint density at radius 2 is 1.81 bits per heavy atom. The number of carbonyl (C=O) groups excluding carboxylic acids is 1. The summed E-state index contributed by atoms with van der Waals surface area (Å²) in [6.45, 7) is 5.60. The van der Waals surface area contributed by atoms with Crippen molar-refractivity contribution in [2.24, 2.45) is 5.41 Å². The van der Waals surface area contributed by atoms with Gasteiger partial charge in [0.1, 0.15) is 5.82 Å². The Bertz CT molecular complexity index is 774. The molecule has 26 heavy (non-hydrogen) atoms. The summed E-state index contributed by atoms with van der Waals surface area (Å²) in [5.74, 6) is -0.564. The van der Waals surface area contributed by atoms with Gasteiger partial charge in [-0.3, -0.25) is 4.79 Å². The fourth-order valence-electron chi connectivity index (χ4n) is 4.00. The molecule has 0 spiro atoms. The third-order valence-electron chi connectivity index (χ3n) is 5.30. The first-order valence-electron chi connectivity index (χ1n) is 9.19. The van der Waals surface area contributed by atoms with Crippen LogP contribution in [0.15, 0.2) is 29.2 Å². The molecule has 1 aromatic rings. The molecule has 144 valence electrons. The Labute approximate surface area is 155 Å². The number of amides is 1. The van der Waals surface area contributed by atoms with E-state index in [1.807, 2.05) is 20.8 Å². The lowest BCUT2D eigenvalue weighted by Crippen LogP contribution is -2.59. The zero-order valence-electron chi connectivity index (χ0n) is 15.5. The number of fused-ring (bicyclic) bond motifs is 2. The number of nitrogens with one attached hydrogen (secondary N) is 1. The molecule has 7 heteroatoms. The molecule has 1 unspecified atom stereocenters. The molecule has 1 N–H and O–H groups in total. The molecular weight excluding hydrogens is 355 g/mol. The van der Waals surface area contributed by atoms with Crippen molar-refractivity contribution in [3.63, 3.8) is 0 Å². The number of sulfonamides is 1. The maximum absolute atomic E-state index is 13.5. The Balaban J connectivity index is 1.82. The molecule has 2 bridgehead atoms. The summed E-state index contributed by atoms with van der Waals surface area (Å²) in [6.07, 6.45) is 3.73. The molecule has 2 saturated heterocycles. The zero-order valence-corrected chi connectivity index (χ0v) is 16.4. The van der Waals surface area contributed by atoms with E-state index in [-0.39, 0.29) is 28.9 Å². The van der Waals surface area contributed by atoms with Crippen LogP contribution in [0.1, 0.15) is 52.9 Å². The van der Waals surface area contributed by atoms with E-state index in [1.165, 1.54) is 18.2 Å². The van der Waals surface area contributed by atoms with Gasteiger partial charge < -0.3 is 5.32 Å². The van der Waals surface area contributed by atoms with E-state index in [0.29, 0.717) is 12.8 Å². The average molecular weight is 383 g/mol. The Hall–Kier alpha value is -1.47. The second kappa shape index (κ2) is 6.93. The molecule has 5 nitrogen and oxygen atoms in total. The highest BCUT2D eigenvalue weighted by molar-refractivity contribution is 7.89. The van der Waals surface area contributed by atoms with Gasteiger partial charge in [-0.25, -0.2) is 12.8 Å². The number of halogens is 1. The summed E-state index contributed by atoms with van der Waals surface area (Å²) in [6, 6.07) is 4.88. The monoisotopic (exact) mass is 382 g/mol. The van der Waals surface area contributed by atoms with Crippen LogP contribution >= 0.6 is 0 Å². The minimum atomic E-state index is -3.74. The van der Waals surface area contributed by atoms with Gasteiger partial charge >= 0.3 is 0 Å². The van der Waals surface area contributed by atoms with Crippen molar-refractivity contribution < 1.29 is 17.6 Å². The quantitative estimate of drug-likeness (QED) is 0.874. The van der Waals surface area contributed by atoms with Crippen LogP contribution in [0.2, 0.25) is 0 Å².